The molecule has 3 heterocycles. The van der Waals surface area contributed by atoms with Gasteiger partial charge in [0, 0.05) is 28.6 Å². The fraction of sp³-hybridized carbons (Fsp3) is 0.241. The first-order valence-electron chi connectivity index (χ1n) is 11.8. The van der Waals surface area contributed by atoms with Crippen LogP contribution in [0.1, 0.15) is 43.2 Å². The average Bonchev–Trinajstić information content (AvgIpc) is 3.18. The van der Waals surface area contributed by atoms with Crippen LogP contribution in [0, 0.1) is 18.3 Å². The number of benzene rings is 2. The van der Waals surface area contributed by atoms with Crippen LogP contribution in [0.2, 0.25) is 0 Å². The number of hydrogen-bond donors (Lipinski definition) is 1. The Hall–Kier alpha value is -3.84. The lowest BCUT2D eigenvalue weighted by molar-refractivity contribution is 0.462. The molecule has 0 saturated heterocycles. The lowest BCUT2D eigenvalue weighted by Crippen LogP contribution is -2.23. The Morgan fingerprint density at radius 1 is 0.939 bits per heavy atom. The molecule has 162 valence electrons. The van der Waals surface area contributed by atoms with Gasteiger partial charge in [-0.2, -0.15) is 5.26 Å². The lowest BCUT2D eigenvalue weighted by Gasteiger charge is -2.25. The van der Waals surface area contributed by atoms with Gasteiger partial charge >= 0.3 is 0 Å². The number of nitrogens with one attached hydrogen (secondary N) is 1. The number of hydrogen-bond acceptors (Lipinski definition) is 3. The maximum Gasteiger partial charge on any atom is 0.120 e. The fourth-order valence-corrected chi connectivity index (χ4v) is 5.36. The molecule has 0 aliphatic heterocycles. The standard InChI is InChI=1S/C29H26N4/c1-19-9-11-20(12-10-19)26-24(18-30)25-16-15-22-14-13-21-6-5-17-31-27(21)28(22)33(25)29(26)32-23-7-3-2-4-8-23/h5-6,9-17,23,32H,2-4,7-8H2,1H3. The van der Waals surface area contributed by atoms with Crippen LogP contribution in [0.5, 0.6) is 0 Å². The zero-order chi connectivity index (χ0) is 22.4. The Morgan fingerprint density at radius 2 is 1.70 bits per heavy atom. The van der Waals surface area contributed by atoms with E-state index < -0.39 is 0 Å². The van der Waals surface area contributed by atoms with Gasteiger partial charge in [0.05, 0.1) is 22.1 Å². The molecule has 0 spiro atoms. The molecule has 0 radical (unpaired) electrons. The first-order chi connectivity index (χ1) is 16.2. The molecule has 5 aromatic rings. The van der Waals surface area contributed by atoms with Crippen molar-refractivity contribution in [1.82, 2.24) is 9.38 Å². The second-order valence-electron chi connectivity index (χ2n) is 9.19. The third-order valence-corrected chi connectivity index (χ3v) is 7.03. The van der Waals surface area contributed by atoms with Gasteiger partial charge in [-0.1, -0.05) is 73.4 Å². The Morgan fingerprint density at radius 3 is 2.48 bits per heavy atom. The Labute approximate surface area is 193 Å². The summed E-state index contributed by atoms with van der Waals surface area (Å²) < 4.78 is 2.26. The number of aryl methyl sites for hydroxylation is 1. The van der Waals surface area contributed by atoms with Crippen molar-refractivity contribution in [1.29, 1.82) is 5.26 Å². The first kappa shape index (κ1) is 19.8. The SMILES string of the molecule is Cc1ccc(-c2c(C#N)c3ccc4ccc5cccnc5c4n3c2NC2CCCCC2)cc1. The smallest absolute Gasteiger partial charge is 0.120 e. The Balaban J connectivity index is 1.75. The summed E-state index contributed by atoms with van der Waals surface area (Å²) in [6.07, 6.45) is 7.97. The molecular formula is C29H26N4. The largest absolute Gasteiger partial charge is 0.368 e. The third-order valence-electron chi connectivity index (χ3n) is 7.03. The maximum atomic E-state index is 10.3. The molecule has 0 amide bonds. The third kappa shape index (κ3) is 3.24. The van der Waals surface area contributed by atoms with Crippen LogP contribution in [0.3, 0.4) is 0 Å². The summed E-state index contributed by atoms with van der Waals surface area (Å²) in [7, 11) is 0. The number of aromatic nitrogens is 2. The summed E-state index contributed by atoms with van der Waals surface area (Å²) in [4.78, 5) is 4.76. The molecule has 1 N–H and O–H groups in total. The van der Waals surface area contributed by atoms with Crippen LogP contribution in [-0.2, 0) is 0 Å². The van der Waals surface area contributed by atoms with E-state index in [-0.39, 0.29) is 0 Å². The minimum absolute atomic E-state index is 0.408. The van der Waals surface area contributed by atoms with E-state index in [2.05, 4.69) is 77.3 Å². The summed E-state index contributed by atoms with van der Waals surface area (Å²) in [6, 6.07) is 24.0. The highest BCUT2D eigenvalue weighted by Crippen LogP contribution is 2.41. The normalized spacial score (nSPS) is 14.7. The van der Waals surface area contributed by atoms with Crippen molar-refractivity contribution in [2.45, 2.75) is 45.1 Å². The number of pyridine rings is 2. The Bertz CT molecular complexity index is 1530. The quantitative estimate of drug-likeness (QED) is 0.307. The molecule has 4 nitrogen and oxygen atoms in total. The van der Waals surface area contributed by atoms with Crippen molar-refractivity contribution in [3.05, 3.63) is 78.0 Å². The van der Waals surface area contributed by atoms with Crippen molar-refractivity contribution >= 4 is 33.1 Å². The second kappa shape index (κ2) is 7.94. The predicted octanol–water partition coefficient (Wildman–Crippen LogP) is 7.23. The number of anilines is 1. The van der Waals surface area contributed by atoms with Gasteiger partial charge < -0.3 is 5.32 Å². The van der Waals surface area contributed by atoms with Crippen LogP contribution >= 0.6 is 0 Å². The summed E-state index contributed by atoms with van der Waals surface area (Å²) in [6.45, 7) is 2.09. The molecule has 1 fully saturated rings. The van der Waals surface area contributed by atoms with E-state index in [9.17, 15) is 5.26 Å². The van der Waals surface area contributed by atoms with Gasteiger partial charge in [0.1, 0.15) is 11.9 Å². The molecule has 4 heteroatoms. The lowest BCUT2D eigenvalue weighted by atomic mass is 9.95. The van der Waals surface area contributed by atoms with Crippen LogP contribution in [0.4, 0.5) is 5.82 Å². The van der Waals surface area contributed by atoms with Gasteiger partial charge in [0.2, 0.25) is 0 Å². The highest BCUT2D eigenvalue weighted by atomic mass is 15.1. The summed E-state index contributed by atoms with van der Waals surface area (Å²) in [5.41, 5.74) is 6.93. The molecule has 0 bridgehead atoms. The van der Waals surface area contributed by atoms with Gasteiger partial charge in [-0.15, -0.1) is 0 Å². The Kier molecular flexibility index (Phi) is 4.77. The summed E-state index contributed by atoms with van der Waals surface area (Å²) in [5.74, 6) is 1.01. The molecule has 1 saturated carbocycles. The van der Waals surface area contributed by atoms with E-state index in [1.54, 1.807) is 0 Å². The molecule has 6 rings (SSSR count). The molecule has 0 unspecified atom stereocenters. The van der Waals surface area contributed by atoms with Gasteiger partial charge in [-0.3, -0.25) is 9.38 Å². The number of nitriles is 1. The number of nitrogens with zero attached hydrogens (tertiary/aromatic N) is 3. The summed E-state index contributed by atoms with van der Waals surface area (Å²) >= 11 is 0. The minimum atomic E-state index is 0.408. The highest BCUT2D eigenvalue weighted by molar-refractivity contribution is 6.07. The van der Waals surface area contributed by atoms with Crippen LogP contribution in [0.25, 0.3) is 38.4 Å². The molecule has 1 aliphatic carbocycles. The monoisotopic (exact) mass is 430 g/mol. The van der Waals surface area contributed by atoms with Crippen molar-refractivity contribution in [3.63, 3.8) is 0 Å². The fourth-order valence-electron chi connectivity index (χ4n) is 5.36. The molecule has 2 aromatic carbocycles. The minimum Gasteiger partial charge on any atom is -0.368 e. The molecule has 1 aliphatic rings. The zero-order valence-electron chi connectivity index (χ0n) is 18.8. The summed E-state index contributed by atoms with van der Waals surface area (Å²) in [5, 5.41) is 16.5. The van der Waals surface area contributed by atoms with Crippen LogP contribution in [-0.4, -0.2) is 15.4 Å². The van der Waals surface area contributed by atoms with Gasteiger partial charge in [-0.25, -0.2) is 0 Å². The van der Waals surface area contributed by atoms with Crippen molar-refractivity contribution < 1.29 is 0 Å². The van der Waals surface area contributed by atoms with E-state index in [1.807, 2.05) is 12.3 Å². The predicted molar refractivity (Wildman–Crippen MR) is 136 cm³/mol. The van der Waals surface area contributed by atoms with Crippen LogP contribution < -0.4 is 5.32 Å². The highest BCUT2D eigenvalue weighted by Gasteiger charge is 2.25. The van der Waals surface area contributed by atoms with E-state index >= 15 is 0 Å². The second-order valence-corrected chi connectivity index (χ2v) is 9.19. The van der Waals surface area contributed by atoms with Gasteiger partial charge in [-0.05, 0) is 37.5 Å². The number of fused-ring (bicyclic) bond motifs is 5. The van der Waals surface area contributed by atoms with Gasteiger partial charge in [0.25, 0.3) is 0 Å². The van der Waals surface area contributed by atoms with Gasteiger partial charge in [0.15, 0.2) is 0 Å². The molecule has 3 aromatic heterocycles. The van der Waals surface area contributed by atoms with E-state index in [4.69, 9.17) is 4.98 Å². The van der Waals surface area contributed by atoms with E-state index in [1.165, 1.54) is 24.8 Å². The average molecular weight is 431 g/mol. The maximum absolute atomic E-state index is 10.3. The number of rotatable bonds is 3. The van der Waals surface area contributed by atoms with Crippen LogP contribution in [0.15, 0.2) is 66.9 Å². The van der Waals surface area contributed by atoms with E-state index in [0.717, 1.165) is 57.1 Å². The first-order valence-corrected chi connectivity index (χ1v) is 11.8. The molecular weight excluding hydrogens is 404 g/mol. The van der Waals surface area contributed by atoms with Crippen molar-refractivity contribution in [2.24, 2.45) is 0 Å². The van der Waals surface area contributed by atoms with Crippen molar-refractivity contribution in [3.8, 4) is 17.2 Å². The van der Waals surface area contributed by atoms with Crippen molar-refractivity contribution in [2.75, 3.05) is 5.32 Å². The zero-order valence-corrected chi connectivity index (χ0v) is 18.8. The van der Waals surface area contributed by atoms with E-state index in [0.29, 0.717) is 11.6 Å². The topological polar surface area (TPSA) is 53.1 Å². The molecule has 0 atom stereocenters. The molecule has 33 heavy (non-hydrogen) atoms.